The van der Waals surface area contributed by atoms with Crippen LogP contribution in [0.25, 0.3) is 0 Å². The molecule has 0 aliphatic carbocycles. The largest absolute Gasteiger partial charge is 0.491 e. The molecule has 1 atom stereocenters. The number of rotatable bonds is 8. The quantitative estimate of drug-likeness (QED) is 0.322. The van der Waals surface area contributed by atoms with Gasteiger partial charge in [-0.15, -0.1) is 0 Å². The smallest absolute Gasteiger partial charge is 0.414 e. The second-order valence-electron chi connectivity index (χ2n) is 6.52. The van der Waals surface area contributed by atoms with E-state index in [9.17, 15) is 9.90 Å². The molecule has 1 aromatic rings. The van der Waals surface area contributed by atoms with Gasteiger partial charge in [-0.1, -0.05) is 0 Å². The number of β-amino-alcohol motifs (C(OH)–C–C–N with tert-alkyl or cyclic N) is 2. The zero-order valence-electron chi connectivity index (χ0n) is 16.4. The predicted octanol–water partition coefficient (Wildman–Crippen LogP) is -0.606. The Bertz CT molecular complexity index is 645. The summed E-state index contributed by atoms with van der Waals surface area (Å²) in [5, 5.41) is 33.8. The lowest BCUT2D eigenvalue weighted by Crippen LogP contribution is -2.49. The van der Waals surface area contributed by atoms with Crippen LogP contribution in [0.3, 0.4) is 0 Å². The average molecular weight is 412 g/mol. The average Bonchev–Trinajstić information content (AvgIpc) is 2.69. The van der Waals surface area contributed by atoms with Gasteiger partial charge in [-0.05, 0) is 31.2 Å². The maximum atomic E-state index is 11.2. The predicted molar refractivity (Wildman–Crippen MR) is 103 cm³/mol. The van der Waals surface area contributed by atoms with Crippen molar-refractivity contribution in [2.75, 3.05) is 52.5 Å². The fourth-order valence-corrected chi connectivity index (χ4v) is 2.67. The molecule has 1 aliphatic rings. The van der Waals surface area contributed by atoms with Crippen LogP contribution in [0.15, 0.2) is 24.3 Å². The van der Waals surface area contributed by atoms with Gasteiger partial charge in [0.25, 0.3) is 0 Å². The molecule has 10 heteroatoms. The molecule has 0 aromatic heterocycles. The second kappa shape index (κ2) is 12.8. The summed E-state index contributed by atoms with van der Waals surface area (Å²) in [4.78, 5) is 33.8. The van der Waals surface area contributed by atoms with Crippen molar-refractivity contribution in [3.63, 3.8) is 0 Å². The number of Topliss-reactive ketones (excluding diaryl/α,β-unsaturated/α-hetero) is 1. The number of nitrogens with zero attached hydrogens (tertiary/aromatic N) is 2. The first-order valence-electron chi connectivity index (χ1n) is 9.16. The van der Waals surface area contributed by atoms with E-state index in [1.165, 1.54) is 6.92 Å². The van der Waals surface area contributed by atoms with Crippen molar-refractivity contribution in [1.82, 2.24) is 9.80 Å². The lowest BCUT2D eigenvalue weighted by atomic mass is 10.1. The normalized spacial score (nSPS) is 15.7. The number of ether oxygens (including phenoxy) is 1. The lowest BCUT2D eigenvalue weighted by Gasteiger charge is -2.35. The van der Waals surface area contributed by atoms with Gasteiger partial charge in [-0.2, -0.15) is 0 Å². The number of ketones is 1. The Balaban J connectivity index is 0.000000612. The highest BCUT2D eigenvalue weighted by Crippen LogP contribution is 2.13. The minimum absolute atomic E-state index is 0.0249. The van der Waals surface area contributed by atoms with E-state index < -0.39 is 18.0 Å². The van der Waals surface area contributed by atoms with E-state index in [1.807, 2.05) is 0 Å². The number of aliphatic hydroxyl groups is 2. The second-order valence-corrected chi connectivity index (χ2v) is 6.52. The van der Waals surface area contributed by atoms with Crippen LogP contribution < -0.4 is 4.74 Å². The number of benzene rings is 1. The van der Waals surface area contributed by atoms with E-state index in [1.54, 1.807) is 24.3 Å². The van der Waals surface area contributed by atoms with Gasteiger partial charge in [0, 0.05) is 44.8 Å². The van der Waals surface area contributed by atoms with Gasteiger partial charge in [0.15, 0.2) is 5.78 Å². The van der Waals surface area contributed by atoms with Crippen LogP contribution in [-0.4, -0.2) is 107 Å². The molecular weight excluding hydrogens is 384 g/mol. The molecule has 29 heavy (non-hydrogen) atoms. The van der Waals surface area contributed by atoms with Gasteiger partial charge in [0.2, 0.25) is 0 Å². The summed E-state index contributed by atoms with van der Waals surface area (Å²) in [6.45, 7) is 6.87. The van der Waals surface area contributed by atoms with Gasteiger partial charge in [-0.3, -0.25) is 14.6 Å². The summed E-state index contributed by atoms with van der Waals surface area (Å²) >= 11 is 0. The highest BCUT2D eigenvalue weighted by molar-refractivity contribution is 6.27. The molecule has 0 bridgehead atoms. The number of aliphatic hydroxyl groups excluding tert-OH is 2. The first-order chi connectivity index (χ1) is 13.7. The molecule has 4 N–H and O–H groups in total. The molecule has 2 rings (SSSR count). The SMILES string of the molecule is CC(=O)c1ccc(OCC(O)CN2CCN(CCO)CC2)cc1.O=C(O)C(=O)O. The van der Waals surface area contributed by atoms with Gasteiger partial charge in [-0.25, -0.2) is 9.59 Å². The third kappa shape index (κ3) is 9.99. The van der Waals surface area contributed by atoms with E-state index in [-0.39, 0.29) is 19.0 Å². The van der Waals surface area contributed by atoms with Gasteiger partial charge >= 0.3 is 11.9 Å². The number of hydrogen-bond acceptors (Lipinski definition) is 8. The van der Waals surface area contributed by atoms with Crippen LogP contribution >= 0.6 is 0 Å². The molecule has 1 saturated heterocycles. The minimum Gasteiger partial charge on any atom is -0.491 e. The molecule has 1 aromatic carbocycles. The first kappa shape index (κ1) is 24.5. The molecule has 1 unspecified atom stereocenters. The standard InChI is InChI=1S/C17H26N2O4.C2H2O4/c1-14(21)15-2-4-17(5-3-15)23-13-16(22)12-19-8-6-18(7-9-19)10-11-20;3-1(4)2(5)6/h2-5,16,20,22H,6-13H2,1H3;(H,3,4)(H,5,6). The molecular formula is C19H28N2O8. The van der Waals surface area contributed by atoms with Crippen molar-refractivity contribution in [2.45, 2.75) is 13.0 Å². The van der Waals surface area contributed by atoms with Crippen molar-refractivity contribution in [1.29, 1.82) is 0 Å². The third-order valence-electron chi connectivity index (χ3n) is 4.24. The van der Waals surface area contributed by atoms with Gasteiger partial charge in [0.05, 0.1) is 6.61 Å². The molecule has 0 amide bonds. The fraction of sp³-hybridized carbons (Fsp3) is 0.526. The summed E-state index contributed by atoms with van der Waals surface area (Å²) in [5.74, 6) is -2.97. The van der Waals surface area contributed by atoms with Crippen LogP contribution in [0.4, 0.5) is 0 Å². The number of hydrogen-bond donors (Lipinski definition) is 4. The van der Waals surface area contributed by atoms with Crippen molar-refractivity contribution in [2.24, 2.45) is 0 Å². The molecule has 1 aliphatic heterocycles. The van der Waals surface area contributed by atoms with Crippen molar-refractivity contribution in [3.05, 3.63) is 29.8 Å². The Morgan fingerprint density at radius 1 is 1.00 bits per heavy atom. The molecule has 10 nitrogen and oxygen atoms in total. The monoisotopic (exact) mass is 412 g/mol. The number of carbonyl (C=O) groups excluding carboxylic acids is 1. The van der Waals surface area contributed by atoms with E-state index in [4.69, 9.17) is 29.6 Å². The maximum Gasteiger partial charge on any atom is 0.414 e. The molecule has 162 valence electrons. The Morgan fingerprint density at radius 3 is 1.97 bits per heavy atom. The Hall–Kier alpha value is -2.53. The third-order valence-corrected chi connectivity index (χ3v) is 4.24. The summed E-state index contributed by atoms with van der Waals surface area (Å²) < 4.78 is 5.57. The van der Waals surface area contributed by atoms with E-state index in [0.717, 1.165) is 32.7 Å². The number of carboxylic acid groups (broad SMARTS) is 2. The summed E-state index contributed by atoms with van der Waals surface area (Å²) in [6, 6.07) is 6.95. The lowest BCUT2D eigenvalue weighted by molar-refractivity contribution is -0.159. The molecule has 1 heterocycles. The topological polar surface area (TPSA) is 148 Å². The summed E-state index contributed by atoms with van der Waals surface area (Å²) in [7, 11) is 0. The van der Waals surface area contributed by atoms with Crippen LogP contribution in [-0.2, 0) is 9.59 Å². The van der Waals surface area contributed by atoms with E-state index in [2.05, 4.69) is 9.80 Å². The van der Waals surface area contributed by atoms with E-state index >= 15 is 0 Å². The molecule has 0 spiro atoms. The highest BCUT2D eigenvalue weighted by Gasteiger charge is 2.19. The van der Waals surface area contributed by atoms with Crippen LogP contribution in [0, 0.1) is 0 Å². The Kier molecular flexibility index (Phi) is 10.8. The number of aliphatic carboxylic acids is 2. The molecule has 1 fully saturated rings. The Morgan fingerprint density at radius 2 is 1.52 bits per heavy atom. The number of carboxylic acids is 2. The Labute approximate surface area is 168 Å². The van der Waals surface area contributed by atoms with Gasteiger partial charge < -0.3 is 25.2 Å². The van der Waals surface area contributed by atoms with Crippen LogP contribution in [0.2, 0.25) is 0 Å². The van der Waals surface area contributed by atoms with Crippen molar-refractivity contribution in [3.8, 4) is 5.75 Å². The van der Waals surface area contributed by atoms with Gasteiger partial charge in [0.1, 0.15) is 18.5 Å². The number of piperazine rings is 1. The van der Waals surface area contributed by atoms with Crippen molar-refractivity contribution >= 4 is 17.7 Å². The van der Waals surface area contributed by atoms with Crippen LogP contribution in [0.1, 0.15) is 17.3 Å². The van der Waals surface area contributed by atoms with E-state index in [0.29, 0.717) is 17.9 Å². The summed E-state index contributed by atoms with van der Waals surface area (Å²) in [6.07, 6.45) is -0.549. The maximum absolute atomic E-state index is 11.2. The number of carbonyl (C=O) groups is 3. The zero-order chi connectivity index (χ0) is 21.8. The minimum atomic E-state index is -1.82. The zero-order valence-corrected chi connectivity index (χ0v) is 16.4. The molecule has 0 saturated carbocycles. The first-order valence-corrected chi connectivity index (χ1v) is 9.16. The molecule has 0 radical (unpaired) electrons. The highest BCUT2D eigenvalue weighted by atomic mass is 16.5. The fourth-order valence-electron chi connectivity index (χ4n) is 2.67. The summed E-state index contributed by atoms with van der Waals surface area (Å²) in [5.41, 5.74) is 0.652. The van der Waals surface area contributed by atoms with Crippen LogP contribution in [0.5, 0.6) is 5.75 Å². The van der Waals surface area contributed by atoms with Crippen molar-refractivity contribution < 1.29 is 39.5 Å².